The largest absolute Gasteiger partial charge is 0.480 e. The maximum Gasteiger partial charge on any atom is 0.349 e. The van der Waals surface area contributed by atoms with E-state index in [1.807, 2.05) is 6.07 Å². The second kappa shape index (κ2) is 8.37. The maximum atomic E-state index is 12.7. The second-order valence-electron chi connectivity index (χ2n) is 6.25. The molecule has 30 heavy (non-hydrogen) atoms. The lowest BCUT2D eigenvalue weighted by atomic mass is 10.1. The van der Waals surface area contributed by atoms with Crippen LogP contribution in [0.15, 0.2) is 72.8 Å². The molecule has 0 bridgehead atoms. The minimum atomic E-state index is -0.722. The summed E-state index contributed by atoms with van der Waals surface area (Å²) in [6.07, 6.45) is 0. The molecule has 9 heteroatoms. The van der Waals surface area contributed by atoms with E-state index in [1.165, 1.54) is 13.2 Å². The molecule has 0 aliphatic carbocycles. The van der Waals surface area contributed by atoms with Gasteiger partial charge in [0.05, 0.1) is 17.3 Å². The van der Waals surface area contributed by atoms with Crippen molar-refractivity contribution in [3.8, 4) is 17.1 Å². The van der Waals surface area contributed by atoms with Crippen molar-refractivity contribution in [1.82, 2.24) is 10.2 Å². The zero-order chi connectivity index (χ0) is 21.3. The Hall–Kier alpha value is -3.04. The molecule has 2 aromatic heterocycles. The Kier molecular flexibility index (Phi) is 5.65. The van der Waals surface area contributed by atoms with Crippen molar-refractivity contribution in [3.63, 3.8) is 0 Å². The van der Waals surface area contributed by atoms with Crippen LogP contribution >= 0.6 is 31.9 Å². The number of carbonyl (C=O) groups is 1. The van der Waals surface area contributed by atoms with Gasteiger partial charge >= 0.3 is 5.63 Å². The molecular formula is C21H13Br2N3O4. The average Bonchev–Trinajstić information content (AvgIpc) is 2.74. The maximum absolute atomic E-state index is 12.7. The van der Waals surface area contributed by atoms with E-state index in [0.717, 1.165) is 10.0 Å². The topological polar surface area (TPSA) is 94.3 Å². The second-order valence-corrected chi connectivity index (χ2v) is 8.02. The van der Waals surface area contributed by atoms with Crippen LogP contribution in [0.3, 0.4) is 0 Å². The molecule has 2 heterocycles. The van der Waals surface area contributed by atoms with Crippen molar-refractivity contribution >= 4 is 54.4 Å². The number of methoxy groups -OCH3 is 1. The summed E-state index contributed by atoms with van der Waals surface area (Å²) in [5, 5.41) is 11.4. The van der Waals surface area contributed by atoms with Gasteiger partial charge in [0.25, 0.3) is 5.91 Å². The summed E-state index contributed by atoms with van der Waals surface area (Å²) in [6, 6.07) is 15.6. The van der Waals surface area contributed by atoms with Gasteiger partial charge in [-0.15, -0.1) is 10.2 Å². The Morgan fingerprint density at radius 3 is 2.63 bits per heavy atom. The van der Waals surface area contributed by atoms with Crippen LogP contribution in [0, 0.1) is 0 Å². The molecule has 0 aliphatic heterocycles. The van der Waals surface area contributed by atoms with Gasteiger partial charge < -0.3 is 14.5 Å². The first-order valence-corrected chi connectivity index (χ1v) is 10.3. The van der Waals surface area contributed by atoms with E-state index in [2.05, 4.69) is 47.4 Å². The number of nitrogens with one attached hydrogen (secondary N) is 1. The molecule has 0 saturated carbocycles. The summed E-state index contributed by atoms with van der Waals surface area (Å²) >= 11 is 6.74. The molecule has 150 valence electrons. The quantitative estimate of drug-likeness (QED) is 0.372. The van der Waals surface area contributed by atoms with Crippen molar-refractivity contribution in [3.05, 3.63) is 79.5 Å². The van der Waals surface area contributed by atoms with Crippen molar-refractivity contribution < 1.29 is 13.9 Å². The highest BCUT2D eigenvalue weighted by Crippen LogP contribution is 2.28. The van der Waals surface area contributed by atoms with Crippen LogP contribution in [-0.2, 0) is 0 Å². The molecule has 0 atom stereocenters. The van der Waals surface area contributed by atoms with Crippen LogP contribution in [0.2, 0.25) is 0 Å². The number of fused-ring (bicyclic) bond motifs is 1. The molecule has 7 nitrogen and oxygen atoms in total. The van der Waals surface area contributed by atoms with Crippen molar-refractivity contribution in [2.75, 3.05) is 12.4 Å². The lowest BCUT2D eigenvalue weighted by Crippen LogP contribution is -2.20. The monoisotopic (exact) mass is 529 g/mol. The third-order valence-electron chi connectivity index (χ3n) is 4.26. The number of benzene rings is 2. The fourth-order valence-electron chi connectivity index (χ4n) is 2.85. The van der Waals surface area contributed by atoms with E-state index in [-0.39, 0.29) is 5.56 Å². The lowest BCUT2D eigenvalue weighted by Gasteiger charge is -2.08. The summed E-state index contributed by atoms with van der Waals surface area (Å²) in [5.41, 5.74) is 1.43. The number of carbonyl (C=O) groups excluding carboxylic acids is 1. The number of amides is 1. The van der Waals surface area contributed by atoms with Gasteiger partial charge in [-0.3, -0.25) is 4.79 Å². The van der Waals surface area contributed by atoms with E-state index in [4.69, 9.17) is 9.15 Å². The van der Waals surface area contributed by atoms with Crippen molar-refractivity contribution in [2.24, 2.45) is 0 Å². The third kappa shape index (κ3) is 4.12. The first-order chi connectivity index (χ1) is 14.4. The molecule has 2 aromatic carbocycles. The number of anilines is 1. The highest BCUT2D eigenvalue weighted by molar-refractivity contribution is 9.11. The Balaban J connectivity index is 1.64. The summed E-state index contributed by atoms with van der Waals surface area (Å²) in [7, 11) is 1.51. The van der Waals surface area contributed by atoms with Gasteiger partial charge in [-0.2, -0.15) is 0 Å². The van der Waals surface area contributed by atoms with E-state index >= 15 is 0 Å². The normalized spacial score (nSPS) is 10.8. The Morgan fingerprint density at radius 2 is 1.90 bits per heavy atom. The van der Waals surface area contributed by atoms with Crippen LogP contribution in [0.1, 0.15) is 10.4 Å². The van der Waals surface area contributed by atoms with Crippen LogP contribution < -0.4 is 15.7 Å². The summed E-state index contributed by atoms with van der Waals surface area (Å²) < 4.78 is 11.8. The fraction of sp³-hybridized carbons (Fsp3) is 0.0476. The van der Waals surface area contributed by atoms with Gasteiger partial charge in [-0.1, -0.05) is 28.1 Å². The van der Waals surface area contributed by atoms with Gasteiger partial charge in [0.1, 0.15) is 5.56 Å². The van der Waals surface area contributed by atoms with Gasteiger partial charge in [0.2, 0.25) is 5.88 Å². The molecule has 1 amide bonds. The summed E-state index contributed by atoms with van der Waals surface area (Å²) in [5.74, 6) is -0.163. The summed E-state index contributed by atoms with van der Waals surface area (Å²) in [6.45, 7) is 0. The van der Waals surface area contributed by atoms with Crippen LogP contribution in [0.25, 0.3) is 22.2 Å². The highest BCUT2D eigenvalue weighted by Gasteiger charge is 2.16. The van der Waals surface area contributed by atoms with E-state index in [9.17, 15) is 9.59 Å². The molecule has 1 N–H and O–H groups in total. The fourth-order valence-corrected chi connectivity index (χ4v) is 4.19. The van der Waals surface area contributed by atoms with E-state index in [1.54, 1.807) is 42.5 Å². The minimum absolute atomic E-state index is 0.0952. The molecule has 0 saturated heterocycles. The zero-order valence-electron chi connectivity index (χ0n) is 15.5. The van der Waals surface area contributed by atoms with E-state index < -0.39 is 11.5 Å². The molecule has 0 fully saturated rings. The Morgan fingerprint density at radius 1 is 1.07 bits per heavy atom. The van der Waals surface area contributed by atoms with Gasteiger partial charge in [-0.25, -0.2) is 4.79 Å². The van der Waals surface area contributed by atoms with Gasteiger partial charge in [0, 0.05) is 27.2 Å². The van der Waals surface area contributed by atoms with Crippen LogP contribution in [0.5, 0.6) is 5.88 Å². The van der Waals surface area contributed by atoms with Crippen LogP contribution in [-0.4, -0.2) is 23.2 Å². The number of hydrogen-bond acceptors (Lipinski definition) is 6. The lowest BCUT2D eigenvalue weighted by molar-refractivity contribution is 0.102. The molecule has 0 radical (unpaired) electrons. The third-order valence-corrected chi connectivity index (χ3v) is 5.31. The predicted molar refractivity (Wildman–Crippen MR) is 120 cm³/mol. The predicted octanol–water partition coefficient (Wildman–Crippen LogP) is 5.04. The first-order valence-electron chi connectivity index (χ1n) is 8.67. The molecule has 4 rings (SSSR count). The number of ether oxygens (including phenoxy) is 1. The number of hydrogen-bond donors (Lipinski definition) is 1. The van der Waals surface area contributed by atoms with E-state index in [0.29, 0.717) is 32.7 Å². The standard InChI is InChI=1S/C21H13Br2N3O4/c1-29-18-6-5-17(25-26-18)11-3-2-4-14(8-11)24-20(27)15-9-12-7-13(22)10-16(23)19(12)30-21(15)28/h2-10H,1H3,(H,24,27). The molecule has 0 aliphatic rings. The SMILES string of the molecule is COc1ccc(-c2cccc(NC(=O)c3cc4cc(Br)cc(Br)c4oc3=O)c2)nn1. The molecule has 0 unspecified atom stereocenters. The first kappa shape index (κ1) is 20.2. The molecule has 4 aromatic rings. The minimum Gasteiger partial charge on any atom is -0.480 e. The van der Waals surface area contributed by atoms with Crippen molar-refractivity contribution in [1.29, 1.82) is 0 Å². The Bertz CT molecular complexity index is 1320. The Labute approximate surface area is 187 Å². The smallest absolute Gasteiger partial charge is 0.349 e. The highest BCUT2D eigenvalue weighted by atomic mass is 79.9. The van der Waals surface area contributed by atoms with Crippen LogP contribution in [0.4, 0.5) is 5.69 Å². The average molecular weight is 531 g/mol. The molecule has 0 spiro atoms. The molecular weight excluding hydrogens is 518 g/mol. The van der Waals surface area contributed by atoms with Gasteiger partial charge in [0.15, 0.2) is 5.58 Å². The number of halogens is 2. The number of rotatable bonds is 4. The van der Waals surface area contributed by atoms with Gasteiger partial charge in [-0.05, 0) is 52.3 Å². The van der Waals surface area contributed by atoms with Crippen molar-refractivity contribution in [2.45, 2.75) is 0 Å². The number of aromatic nitrogens is 2. The summed E-state index contributed by atoms with van der Waals surface area (Å²) in [4.78, 5) is 25.1. The zero-order valence-corrected chi connectivity index (χ0v) is 18.7. The number of nitrogens with zero attached hydrogens (tertiary/aromatic N) is 2.